The number of halogens is 2. The van der Waals surface area contributed by atoms with Gasteiger partial charge in [-0.1, -0.05) is 23.4 Å². The molecule has 5 nitrogen and oxygen atoms in total. The van der Waals surface area contributed by atoms with E-state index in [4.69, 9.17) is 11.6 Å². The van der Waals surface area contributed by atoms with Crippen molar-refractivity contribution in [2.24, 2.45) is 0 Å². The van der Waals surface area contributed by atoms with Crippen LogP contribution in [-0.2, 0) is 11.3 Å². The smallest absolute Gasteiger partial charge is 0.234 e. The molecule has 0 aliphatic rings. The first-order valence-electron chi connectivity index (χ1n) is 5.85. The second-order valence-electron chi connectivity index (χ2n) is 3.87. The lowest BCUT2D eigenvalue weighted by Gasteiger charge is -2.06. The van der Waals surface area contributed by atoms with Crippen molar-refractivity contribution in [3.8, 4) is 0 Å². The molecule has 0 atom stereocenters. The first-order valence-corrected chi connectivity index (χ1v) is 7.22. The molecular formula is C12H12ClFN4OS. The number of thioether (sulfide) groups is 1. The summed E-state index contributed by atoms with van der Waals surface area (Å²) in [4.78, 5) is 11.8. The van der Waals surface area contributed by atoms with Crippen LogP contribution < -0.4 is 5.32 Å². The van der Waals surface area contributed by atoms with Crippen LogP contribution in [-0.4, -0.2) is 26.4 Å². The summed E-state index contributed by atoms with van der Waals surface area (Å²) in [5.41, 5.74) is 0.457. The van der Waals surface area contributed by atoms with E-state index in [1.165, 1.54) is 30.0 Å². The highest BCUT2D eigenvalue weighted by Gasteiger charge is 2.09. The van der Waals surface area contributed by atoms with E-state index < -0.39 is 5.82 Å². The van der Waals surface area contributed by atoms with Gasteiger partial charge in [-0.25, -0.2) is 4.39 Å². The molecule has 0 radical (unpaired) electrons. The molecule has 0 saturated carbocycles. The summed E-state index contributed by atoms with van der Waals surface area (Å²) in [5, 5.41) is 11.0. The summed E-state index contributed by atoms with van der Waals surface area (Å²) in [5.74, 6) is -0.549. The average Bonchev–Trinajstić information content (AvgIpc) is 2.88. The minimum atomic E-state index is -0.518. The number of hydrogen-bond donors (Lipinski definition) is 1. The second kappa shape index (κ2) is 6.71. The van der Waals surface area contributed by atoms with Gasteiger partial charge in [0.25, 0.3) is 0 Å². The van der Waals surface area contributed by atoms with Gasteiger partial charge in [0.2, 0.25) is 5.91 Å². The van der Waals surface area contributed by atoms with Gasteiger partial charge in [-0.05, 0) is 25.1 Å². The minimum Gasteiger partial charge on any atom is -0.325 e. The van der Waals surface area contributed by atoms with E-state index in [2.05, 4.69) is 15.5 Å². The Hall–Kier alpha value is -1.60. The highest BCUT2D eigenvalue weighted by Crippen LogP contribution is 2.20. The van der Waals surface area contributed by atoms with Crippen LogP contribution in [0, 0.1) is 5.82 Å². The standard InChI is InChI=1S/C12H12ClFN4OS/c1-2-18-7-15-17-12(18)20-6-11(19)16-8-3-4-10(14)9(13)5-8/h3-5,7H,2,6H2,1H3,(H,16,19). The highest BCUT2D eigenvalue weighted by molar-refractivity contribution is 7.99. The van der Waals surface area contributed by atoms with Crippen molar-refractivity contribution in [3.05, 3.63) is 35.4 Å². The van der Waals surface area contributed by atoms with E-state index in [1.807, 2.05) is 11.5 Å². The Labute approximate surface area is 124 Å². The van der Waals surface area contributed by atoms with Gasteiger partial charge < -0.3 is 9.88 Å². The Kier molecular flexibility index (Phi) is 4.97. The fourth-order valence-corrected chi connectivity index (χ4v) is 2.43. The zero-order chi connectivity index (χ0) is 14.5. The van der Waals surface area contributed by atoms with Gasteiger partial charge in [0, 0.05) is 12.2 Å². The predicted molar refractivity (Wildman–Crippen MR) is 76.5 cm³/mol. The largest absolute Gasteiger partial charge is 0.325 e. The molecule has 0 aliphatic carbocycles. The zero-order valence-electron chi connectivity index (χ0n) is 10.6. The first-order chi connectivity index (χ1) is 9.60. The molecule has 0 aliphatic heterocycles. The number of carbonyl (C=O) groups is 1. The summed E-state index contributed by atoms with van der Waals surface area (Å²) in [7, 11) is 0. The number of nitrogens with zero attached hydrogens (tertiary/aromatic N) is 3. The lowest BCUT2D eigenvalue weighted by atomic mass is 10.3. The minimum absolute atomic E-state index is 0.0267. The Bertz CT molecular complexity index is 619. The van der Waals surface area contributed by atoms with E-state index in [-0.39, 0.29) is 16.7 Å². The van der Waals surface area contributed by atoms with Crippen LogP contribution in [0.15, 0.2) is 29.7 Å². The monoisotopic (exact) mass is 314 g/mol. The van der Waals surface area contributed by atoms with Gasteiger partial charge in [-0.3, -0.25) is 4.79 Å². The van der Waals surface area contributed by atoms with Crippen LogP contribution in [0.2, 0.25) is 5.02 Å². The van der Waals surface area contributed by atoms with Crippen molar-refractivity contribution >= 4 is 35.0 Å². The normalized spacial score (nSPS) is 10.6. The summed E-state index contributed by atoms with van der Waals surface area (Å²) in [6, 6.07) is 4.03. The van der Waals surface area contributed by atoms with Crippen molar-refractivity contribution in [2.75, 3.05) is 11.1 Å². The number of benzene rings is 1. The fraction of sp³-hybridized carbons (Fsp3) is 0.250. The maximum atomic E-state index is 13.0. The number of aromatic nitrogens is 3. The molecule has 0 bridgehead atoms. The van der Waals surface area contributed by atoms with Crippen LogP contribution in [0.5, 0.6) is 0 Å². The number of anilines is 1. The van der Waals surface area contributed by atoms with Crippen LogP contribution in [0.25, 0.3) is 0 Å². The van der Waals surface area contributed by atoms with Gasteiger partial charge >= 0.3 is 0 Å². The fourth-order valence-electron chi connectivity index (χ4n) is 1.47. The van der Waals surface area contributed by atoms with Crippen molar-refractivity contribution in [2.45, 2.75) is 18.6 Å². The van der Waals surface area contributed by atoms with Crippen molar-refractivity contribution in [3.63, 3.8) is 0 Å². The Morgan fingerprint density at radius 3 is 3.05 bits per heavy atom. The van der Waals surface area contributed by atoms with Gasteiger partial charge in [0.15, 0.2) is 5.16 Å². The molecule has 1 heterocycles. The van der Waals surface area contributed by atoms with Crippen molar-refractivity contribution in [1.82, 2.24) is 14.8 Å². The lowest BCUT2D eigenvalue weighted by Crippen LogP contribution is -2.14. The van der Waals surface area contributed by atoms with Gasteiger partial charge in [0.05, 0.1) is 10.8 Å². The molecule has 8 heteroatoms. The second-order valence-corrected chi connectivity index (χ2v) is 5.21. The van der Waals surface area contributed by atoms with Gasteiger partial charge in [0.1, 0.15) is 12.1 Å². The van der Waals surface area contributed by atoms with Gasteiger partial charge in [-0.2, -0.15) is 0 Å². The van der Waals surface area contributed by atoms with Gasteiger partial charge in [-0.15, -0.1) is 10.2 Å². The summed E-state index contributed by atoms with van der Waals surface area (Å²) in [6.45, 7) is 2.71. The molecule has 2 rings (SSSR count). The number of carbonyl (C=O) groups excluding carboxylic acids is 1. The average molecular weight is 315 g/mol. The lowest BCUT2D eigenvalue weighted by molar-refractivity contribution is -0.113. The summed E-state index contributed by atoms with van der Waals surface area (Å²) < 4.78 is 14.8. The topological polar surface area (TPSA) is 59.8 Å². The number of nitrogens with one attached hydrogen (secondary N) is 1. The first kappa shape index (κ1) is 14.8. The third kappa shape index (κ3) is 3.71. The quantitative estimate of drug-likeness (QED) is 0.862. The van der Waals surface area contributed by atoms with Crippen molar-refractivity contribution in [1.29, 1.82) is 0 Å². The third-order valence-electron chi connectivity index (χ3n) is 2.46. The van der Waals surface area contributed by atoms with Crippen molar-refractivity contribution < 1.29 is 9.18 Å². The molecule has 0 fully saturated rings. The molecule has 0 unspecified atom stereocenters. The molecule has 1 aromatic heterocycles. The van der Waals surface area contributed by atoms with Crippen LogP contribution in [0.4, 0.5) is 10.1 Å². The van der Waals surface area contributed by atoms with E-state index in [1.54, 1.807) is 6.33 Å². The molecule has 1 aromatic carbocycles. The molecular weight excluding hydrogens is 303 g/mol. The zero-order valence-corrected chi connectivity index (χ0v) is 12.2. The Morgan fingerprint density at radius 2 is 2.35 bits per heavy atom. The van der Waals surface area contributed by atoms with E-state index in [0.717, 1.165) is 6.54 Å². The van der Waals surface area contributed by atoms with E-state index in [0.29, 0.717) is 10.8 Å². The molecule has 2 aromatic rings. The summed E-state index contributed by atoms with van der Waals surface area (Å²) in [6.07, 6.45) is 1.61. The molecule has 0 spiro atoms. The van der Waals surface area contributed by atoms with Crippen LogP contribution >= 0.6 is 23.4 Å². The maximum Gasteiger partial charge on any atom is 0.234 e. The number of rotatable bonds is 5. The van der Waals surface area contributed by atoms with E-state index >= 15 is 0 Å². The maximum absolute atomic E-state index is 13.0. The van der Waals surface area contributed by atoms with Crippen LogP contribution in [0.1, 0.15) is 6.92 Å². The SMILES string of the molecule is CCn1cnnc1SCC(=O)Nc1ccc(F)c(Cl)c1. The number of amides is 1. The summed E-state index contributed by atoms with van der Waals surface area (Å²) >= 11 is 6.93. The predicted octanol–water partition coefficient (Wildman–Crippen LogP) is 2.82. The molecule has 0 saturated heterocycles. The Morgan fingerprint density at radius 1 is 1.55 bits per heavy atom. The highest BCUT2D eigenvalue weighted by atomic mass is 35.5. The molecule has 1 N–H and O–H groups in total. The molecule has 20 heavy (non-hydrogen) atoms. The van der Waals surface area contributed by atoms with E-state index in [9.17, 15) is 9.18 Å². The number of hydrogen-bond acceptors (Lipinski definition) is 4. The molecule has 106 valence electrons. The third-order valence-corrected chi connectivity index (χ3v) is 3.73. The molecule has 1 amide bonds. The number of aryl methyl sites for hydroxylation is 1. The van der Waals surface area contributed by atoms with Crippen LogP contribution in [0.3, 0.4) is 0 Å². The Balaban J connectivity index is 1.91.